The van der Waals surface area contributed by atoms with E-state index >= 15 is 0 Å². The van der Waals surface area contributed by atoms with E-state index in [9.17, 15) is 18.7 Å². The van der Waals surface area contributed by atoms with Crippen LogP contribution in [0.5, 0.6) is 0 Å². The van der Waals surface area contributed by atoms with Crippen LogP contribution in [0.15, 0.2) is 48.5 Å². The fraction of sp³-hybridized carbons (Fsp3) is 0.316. The predicted octanol–water partition coefficient (Wildman–Crippen LogP) is 2.43. The Morgan fingerprint density at radius 2 is 1.96 bits per heavy atom. The molecule has 0 aliphatic carbocycles. The molecule has 2 atom stereocenters. The van der Waals surface area contributed by atoms with E-state index in [4.69, 9.17) is 0 Å². The smallest absolute Gasteiger partial charge is 0.263 e. The first-order valence-corrected chi connectivity index (χ1v) is 8.19. The Labute approximate surface area is 144 Å². The maximum atomic E-state index is 12.7. The summed E-state index contributed by atoms with van der Waals surface area (Å²) in [6.07, 6.45) is -2.71. The average Bonchev–Trinajstić information content (AvgIpc) is 2.65. The fourth-order valence-corrected chi connectivity index (χ4v) is 3.01. The Kier molecular flexibility index (Phi) is 5.40. The normalized spacial score (nSPS) is 17.8. The van der Waals surface area contributed by atoms with Crippen LogP contribution in [0.4, 0.5) is 8.78 Å². The third-order valence-corrected chi connectivity index (χ3v) is 4.45. The van der Waals surface area contributed by atoms with Gasteiger partial charge in [0.2, 0.25) is 0 Å². The van der Waals surface area contributed by atoms with E-state index in [1.165, 1.54) is 35.4 Å². The van der Waals surface area contributed by atoms with Crippen molar-refractivity contribution in [3.63, 3.8) is 0 Å². The zero-order valence-corrected chi connectivity index (χ0v) is 13.6. The molecule has 0 saturated heterocycles. The number of halogens is 2. The third-order valence-electron chi connectivity index (χ3n) is 4.45. The van der Waals surface area contributed by atoms with Crippen molar-refractivity contribution in [3.8, 4) is 0 Å². The highest BCUT2D eigenvalue weighted by atomic mass is 19.3. The van der Waals surface area contributed by atoms with Crippen molar-refractivity contribution in [2.24, 2.45) is 0 Å². The molecule has 0 radical (unpaired) electrons. The number of carbonyl (C=O) groups excluding carboxylic acids is 1. The van der Waals surface area contributed by atoms with Crippen LogP contribution in [-0.4, -0.2) is 29.7 Å². The summed E-state index contributed by atoms with van der Waals surface area (Å²) in [6.45, 7) is 0.722. The van der Waals surface area contributed by atoms with Gasteiger partial charge in [0.1, 0.15) is 0 Å². The van der Waals surface area contributed by atoms with Gasteiger partial charge in [0, 0.05) is 30.3 Å². The SMILES string of the molecule is O=C(NC[C@@H](O)[C@@H]1Cc2ccccc2CN1)c1cccc(C(F)F)c1. The van der Waals surface area contributed by atoms with Gasteiger partial charge in [-0.1, -0.05) is 36.4 Å². The van der Waals surface area contributed by atoms with Gasteiger partial charge in [0.25, 0.3) is 12.3 Å². The lowest BCUT2D eigenvalue weighted by Crippen LogP contribution is -2.49. The first kappa shape index (κ1) is 17.5. The second kappa shape index (κ2) is 7.72. The van der Waals surface area contributed by atoms with Crippen LogP contribution >= 0.6 is 0 Å². The number of aliphatic hydroxyl groups excluding tert-OH is 1. The summed E-state index contributed by atoms with van der Waals surface area (Å²) >= 11 is 0. The van der Waals surface area contributed by atoms with Gasteiger partial charge in [-0.15, -0.1) is 0 Å². The molecule has 0 unspecified atom stereocenters. The molecule has 0 saturated carbocycles. The van der Waals surface area contributed by atoms with Gasteiger partial charge < -0.3 is 15.7 Å². The number of hydrogen-bond donors (Lipinski definition) is 3. The average molecular weight is 346 g/mol. The Morgan fingerprint density at radius 1 is 1.20 bits per heavy atom. The third kappa shape index (κ3) is 4.21. The molecule has 4 nitrogen and oxygen atoms in total. The molecule has 1 amide bonds. The molecule has 1 heterocycles. The van der Waals surface area contributed by atoms with E-state index in [0.29, 0.717) is 13.0 Å². The molecule has 0 aromatic heterocycles. The Bertz CT molecular complexity index is 752. The first-order chi connectivity index (χ1) is 12.0. The monoisotopic (exact) mass is 346 g/mol. The van der Waals surface area contributed by atoms with E-state index in [1.54, 1.807) is 0 Å². The van der Waals surface area contributed by atoms with E-state index in [1.807, 2.05) is 24.3 Å². The van der Waals surface area contributed by atoms with Crippen LogP contribution in [0.3, 0.4) is 0 Å². The second-order valence-electron chi connectivity index (χ2n) is 6.16. The van der Waals surface area contributed by atoms with Crippen molar-refractivity contribution in [2.75, 3.05) is 6.54 Å². The summed E-state index contributed by atoms with van der Waals surface area (Å²) in [4.78, 5) is 12.1. The lowest BCUT2D eigenvalue weighted by Gasteiger charge is -2.30. The summed E-state index contributed by atoms with van der Waals surface area (Å²) < 4.78 is 25.4. The fourth-order valence-electron chi connectivity index (χ4n) is 3.01. The summed E-state index contributed by atoms with van der Waals surface area (Å²) in [7, 11) is 0. The minimum atomic E-state index is -2.62. The molecule has 0 bridgehead atoms. The number of amides is 1. The molecule has 1 aliphatic heterocycles. The number of fused-ring (bicyclic) bond motifs is 1. The van der Waals surface area contributed by atoms with E-state index in [0.717, 1.165) is 0 Å². The van der Waals surface area contributed by atoms with Crippen LogP contribution in [0.1, 0.15) is 33.5 Å². The minimum Gasteiger partial charge on any atom is -0.390 e. The zero-order chi connectivity index (χ0) is 17.8. The lowest BCUT2D eigenvalue weighted by molar-refractivity contribution is 0.0869. The van der Waals surface area contributed by atoms with Crippen molar-refractivity contribution in [3.05, 3.63) is 70.8 Å². The molecule has 0 fully saturated rings. The Hall–Kier alpha value is -2.31. The van der Waals surface area contributed by atoms with Crippen LogP contribution in [0.25, 0.3) is 0 Å². The van der Waals surface area contributed by atoms with Gasteiger partial charge in [-0.25, -0.2) is 8.78 Å². The zero-order valence-electron chi connectivity index (χ0n) is 13.6. The summed E-state index contributed by atoms with van der Waals surface area (Å²) in [5.74, 6) is -0.474. The van der Waals surface area contributed by atoms with Crippen molar-refractivity contribution in [1.29, 1.82) is 0 Å². The maximum Gasteiger partial charge on any atom is 0.263 e. The van der Waals surface area contributed by atoms with Crippen LogP contribution in [0, 0.1) is 0 Å². The highest BCUT2D eigenvalue weighted by Crippen LogP contribution is 2.20. The number of aliphatic hydroxyl groups is 1. The molecular weight excluding hydrogens is 326 g/mol. The molecule has 2 aromatic rings. The van der Waals surface area contributed by atoms with E-state index in [2.05, 4.69) is 10.6 Å². The molecule has 25 heavy (non-hydrogen) atoms. The molecule has 3 N–H and O–H groups in total. The number of hydrogen-bond acceptors (Lipinski definition) is 3. The second-order valence-corrected chi connectivity index (χ2v) is 6.16. The van der Waals surface area contributed by atoms with Gasteiger partial charge in [-0.3, -0.25) is 4.79 Å². The predicted molar refractivity (Wildman–Crippen MR) is 90.5 cm³/mol. The molecule has 2 aromatic carbocycles. The van der Waals surface area contributed by atoms with Crippen molar-refractivity contribution in [2.45, 2.75) is 31.5 Å². The summed E-state index contributed by atoms with van der Waals surface area (Å²) in [5, 5.41) is 16.2. The largest absolute Gasteiger partial charge is 0.390 e. The van der Waals surface area contributed by atoms with Gasteiger partial charge in [0.15, 0.2) is 0 Å². The quantitative estimate of drug-likeness (QED) is 0.779. The molecule has 3 rings (SSSR count). The number of nitrogens with one attached hydrogen (secondary N) is 2. The first-order valence-electron chi connectivity index (χ1n) is 8.19. The minimum absolute atomic E-state index is 0.0531. The van der Waals surface area contributed by atoms with E-state index < -0.39 is 18.4 Å². The molecular formula is C19H20F2N2O2. The molecule has 6 heteroatoms. The molecule has 132 valence electrons. The molecule has 1 aliphatic rings. The molecule has 0 spiro atoms. The Morgan fingerprint density at radius 3 is 2.72 bits per heavy atom. The maximum absolute atomic E-state index is 12.7. The highest BCUT2D eigenvalue weighted by Gasteiger charge is 2.24. The van der Waals surface area contributed by atoms with Gasteiger partial charge in [-0.05, 0) is 29.7 Å². The van der Waals surface area contributed by atoms with Gasteiger partial charge in [-0.2, -0.15) is 0 Å². The van der Waals surface area contributed by atoms with Gasteiger partial charge in [0.05, 0.1) is 6.10 Å². The van der Waals surface area contributed by atoms with Crippen LogP contribution < -0.4 is 10.6 Å². The number of alkyl halides is 2. The van der Waals surface area contributed by atoms with E-state index in [-0.39, 0.29) is 23.7 Å². The van der Waals surface area contributed by atoms with Crippen LogP contribution in [0.2, 0.25) is 0 Å². The number of carbonyl (C=O) groups is 1. The highest BCUT2D eigenvalue weighted by molar-refractivity contribution is 5.94. The summed E-state index contributed by atoms with van der Waals surface area (Å²) in [5.41, 5.74) is 2.35. The van der Waals surface area contributed by atoms with Crippen molar-refractivity contribution >= 4 is 5.91 Å². The number of benzene rings is 2. The van der Waals surface area contributed by atoms with Crippen molar-refractivity contribution < 1.29 is 18.7 Å². The van der Waals surface area contributed by atoms with Gasteiger partial charge >= 0.3 is 0 Å². The number of rotatable bonds is 5. The topological polar surface area (TPSA) is 61.4 Å². The summed E-state index contributed by atoms with van der Waals surface area (Å²) in [6, 6.07) is 13.2. The van der Waals surface area contributed by atoms with Crippen LogP contribution in [-0.2, 0) is 13.0 Å². The standard InChI is InChI=1S/C19H20F2N2O2/c20-18(21)13-6-3-7-14(8-13)19(25)23-11-17(24)16-9-12-4-1-2-5-15(12)10-22-16/h1-8,16-18,22,24H,9-11H2,(H,23,25)/t16-,17+/m0/s1. The lowest BCUT2D eigenvalue weighted by atomic mass is 9.93. The van der Waals surface area contributed by atoms with Crippen molar-refractivity contribution in [1.82, 2.24) is 10.6 Å². The Balaban J connectivity index is 1.56.